The quantitative estimate of drug-likeness (QED) is 0.785. The summed E-state index contributed by atoms with van der Waals surface area (Å²) >= 11 is 0. The number of carbonyl (C=O) groups excluding carboxylic acids is 3. The van der Waals surface area contributed by atoms with Gasteiger partial charge in [-0.15, -0.1) is 0 Å². The van der Waals surface area contributed by atoms with Gasteiger partial charge in [-0.1, -0.05) is 0 Å². The van der Waals surface area contributed by atoms with Gasteiger partial charge in [0.15, 0.2) is 0 Å². The second-order valence-electron chi connectivity index (χ2n) is 5.27. The van der Waals surface area contributed by atoms with Crippen LogP contribution in [0.3, 0.4) is 0 Å². The molecule has 0 spiro atoms. The summed E-state index contributed by atoms with van der Waals surface area (Å²) in [6, 6.07) is 0.0949. The maximum Gasteiger partial charge on any atom is 0.409 e. The van der Waals surface area contributed by atoms with Crippen LogP contribution in [0.2, 0.25) is 0 Å². The van der Waals surface area contributed by atoms with E-state index >= 15 is 0 Å². The minimum absolute atomic E-state index is 0.0108. The van der Waals surface area contributed by atoms with Crippen molar-refractivity contribution in [3.63, 3.8) is 0 Å². The summed E-state index contributed by atoms with van der Waals surface area (Å²) in [6.45, 7) is 3.71. The van der Waals surface area contributed by atoms with E-state index in [0.717, 1.165) is 12.8 Å². The lowest BCUT2D eigenvalue weighted by atomic mass is 10.0. The molecule has 0 saturated carbocycles. The predicted octanol–water partition coefficient (Wildman–Crippen LogP) is -0.0589. The number of hydrogen-bond acceptors (Lipinski definition) is 4. The molecule has 0 aromatic heterocycles. The molecule has 2 saturated heterocycles. The third-order valence-electron chi connectivity index (χ3n) is 3.99. The van der Waals surface area contributed by atoms with Crippen LogP contribution in [0.15, 0.2) is 0 Å². The predicted molar refractivity (Wildman–Crippen MR) is 70.6 cm³/mol. The molecule has 7 nitrogen and oxygen atoms in total. The Kier molecular flexibility index (Phi) is 4.46. The van der Waals surface area contributed by atoms with E-state index in [9.17, 15) is 14.4 Å². The molecule has 0 radical (unpaired) electrons. The number of nitrogens with zero attached hydrogens (tertiary/aromatic N) is 2. The molecule has 20 heavy (non-hydrogen) atoms. The first-order chi connectivity index (χ1) is 9.52. The molecular weight excluding hydrogens is 262 g/mol. The number of amides is 3. The van der Waals surface area contributed by atoms with E-state index < -0.39 is 5.91 Å². The smallest absolute Gasteiger partial charge is 0.409 e. The van der Waals surface area contributed by atoms with Crippen LogP contribution in [0.1, 0.15) is 26.2 Å². The molecule has 2 aliphatic heterocycles. The zero-order valence-electron chi connectivity index (χ0n) is 11.7. The van der Waals surface area contributed by atoms with Crippen molar-refractivity contribution in [3.05, 3.63) is 0 Å². The maximum absolute atomic E-state index is 11.9. The third-order valence-corrected chi connectivity index (χ3v) is 3.99. The second-order valence-corrected chi connectivity index (χ2v) is 5.27. The lowest BCUT2D eigenvalue weighted by Gasteiger charge is -2.36. The van der Waals surface area contributed by atoms with Crippen molar-refractivity contribution in [1.29, 1.82) is 0 Å². The van der Waals surface area contributed by atoms with Gasteiger partial charge in [-0.05, 0) is 19.8 Å². The zero-order chi connectivity index (χ0) is 14.7. The molecule has 3 amide bonds. The van der Waals surface area contributed by atoms with Crippen LogP contribution in [0.5, 0.6) is 0 Å². The van der Waals surface area contributed by atoms with Gasteiger partial charge in [0.2, 0.25) is 11.8 Å². The van der Waals surface area contributed by atoms with E-state index in [0.29, 0.717) is 26.2 Å². The average molecular weight is 283 g/mol. The van der Waals surface area contributed by atoms with E-state index in [1.54, 1.807) is 16.7 Å². The van der Waals surface area contributed by atoms with Gasteiger partial charge in [-0.2, -0.15) is 0 Å². The lowest BCUT2D eigenvalue weighted by molar-refractivity contribution is -0.130. The highest BCUT2D eigenvalue weighted by Crippen LogP contribution is 2.25. The Morgan fingerprint density at radius 3 is 2.50 bits per heavy atom. The highest BCUT2D eigenvalue weighted by atomic mass is 16.6. The summed E-state index contributed by atoms with van der Waals surface area (Å²) in [5.74, 6) is -0.793. The fourth-order valence-corrected chi connectivity index (χ4v) is 2.85. The van der Waals surface area contributed by atoms with Gasteiger partial charge < -0.3 is 20.3 Å². The first-order valence-corrected chi connectivity index (χ1v) is 7.03. The Bertz CT molecular complexity index is 404. The molecule has 112 valence electrons. The Labute approximate surface area is 118 Å². The van der Waals surface area contributed by atoms with Gasteiger partial charge in [0.1, 0.15) is 0 Å². The number of ether oxygens (including phenoxy) is 1. The van der Waals surface area contributed by atoms with Gasteiger partial charge in [-0.3, -0.25) is 9.59 Å². The van der Waals surface area contributed by atoms with E-state index in [1.807, 2.05) is 0 Å². The monoisotopic (exact) mass is 283 g/mol. The molecule has 2 fully saturated rings. The second kappa shape index (κ2) is 6.11. The van der Waals surface area contributed by atoms with Crippen LogP contribution in [0.25, 0.3) is 0 Å². The Hall–Kier alpha value is -1.79. The van der Waals surface area contributed by atoms with Gasteiger partial charge in [-0.25, -0.2) is 4.79 Å². The minimum Gasteiger partial charge on any atom is -0.450 e. The highest BCUT2D eigenvalue weighted by molar-refractivity contribution is 5.88. The average Bonchev–Trinajstić information content (AvgIpc) is 2.81. The van der Waals surface area contributed by atoms with Gasteiger partial charge in [0.25, 0.3) is 0 Å². The topological polar surface area (TPSA) is 92.9 Å². The van der Waals surface area contributed by atoms with Crippen LogP contribution in [0.4, 0.5) is 4.79 Å². The van der Waals surface area contributed by atoms with Crippen molar-refractivity contribution in [3.8, 4) is 0 Å². The highest BCUT2D eigenvalue weighted by Gasteiger charge is 2.38. The first-order valence-electron chi connectivity index (χ1n) is 7.03. The van der Waals surface area contributed by atoms with E-state index in [4.69, 9.17) is 10.5 Å². The van der Waals surface area contributed by atoms with Crippen LogP contribution < -0.4 is 5.73 Å². The van der Waals surface area contributed by atoms with Crippen molar-refractivity contribution in [2.24, 2.45) is 11.7 Å². The molecule has 1 atom stereocenters. The van der Waals surface area contributed by atoms with E-state index in [2.05, 4.69) is 0 Å². The number of hydrogen-bond donors (Lipinski definition) is 1. The number of likely N-dealkylation sites (tertiary alicyclic amines) is 2. The van der Waals surface area contributed by atoms with Crippen LogP contribution >= 0.6 is 0 Å². The summed E-state index contributed by atoms with van der Waals surface area (Å²) in [7, 11) is 0. The van der Waals surface area contributed by atoms with Crippen molar-refractivity contribution >= 4 is 17.9 Å². The summed E-state index contributed by atoms with van der Waals surface area (Å²) < 4.78 is 4.96. The third kappa shape index (κ3) is 3.02. The van der Waals surface area contributed by atoms with Crippen LogP contribution in [0, 0.1) is 5.92 Å². The molecule has 7 heteroatoms. The van der Waals surface area contributed by atoms with Crippen LogP contribution in [-0.4, -0.2) is 60.0 Å². The normalized spacial score (nSPS) is 24.1. The van der Waals surface area contributed by atoms with Crippen molar-refractivity contribution < 1.29 is 19.1 Å². The van der Waals surface area contributed by atoms with Gasteiger partial charge >= 0.3 is 6.09 Å². The molecule has 2 rings (SSSR count). The number of piperidine rings is 1. The molecule has 0 aromatic carbocycles. The van der Waals surface area contributed by atoms with Crippen molar-refractivity contribution in [2.45, 2.75) is 32.2 Å². The molecule has 2 heterocycles. The molecule has 2 N–H and O–H groups in total. The Morgan fingerprint density at radius 2 is 2.00 bits per heavy atom. The van der Waals surface area contributed by atoms with Crippen molar-refractivity contribution in [1.82, 2.24) is 9.80 Å². The summed E-state index contributed by atoms with van der Waals surface area (Å²) in [5, 5.41) is 0. The standard InChI is InChI=1S/C13H21N3O4/c1-2-20-13(19)15-5-3-10(4-6-15)16-8-9(12(14)18)7-11(16)17/h9-10H,2-8H2,1H3,(H2,14,18). The van der Waals surface area contributed by atoms with Crippen LogP contribution in [-0.2, 0) is 14.3 Å². The number of primary amides is 1. The Balaban J connectivity index is 1.86. The largest absolute Gasteiger partial charge is 0.450 e. The summed E-state index contributed by atoms with van der Waals surface area (Å²) in [5.41, 5.74) is 5.26. The molecule has 2 aliphatic rings. The maximum atomic E-state index is 11.9. The molecule has 0 aliphatic carbocycles. The number of carbonyl (C=O) groups is 3. The van der Waals surface area contributed by atoms with E-state index in [-0.39, 0.29) is 30.4 Å². The molecular formula is C13H21N3O4. The number of rotatable bonds is 3. The fourth-order valence-electron chi connectivity index (χ4n) is 2.85. The van der Waals surface area contributed by atoms with Gasteiger partial charge in [0, 0.05) is 32.1 Å². The first kappa shape index (κ1) is 14.6. The lowest BCUT2D eigenvalue weighted by Crippen LogP contribution is -2.47. The molecule has 0 bridgehead atoms. The molecule has 1 unspecified atom stereocenters. The molecule has 0 aromatic rings. The summed E-state index contributed by atoms with van der Waals surface area (Å²) in [4.78, 5) is 38.1. The van der Waals surface area contributed by atoms with Gasteiger partial charge in [0.05, 0.1) is 12.5 Å². The zero-order valence-corrected chi connectivity index (χ0v) is 11.7. The summed E-state index contributed by atoms with van der Waals surface area (Å²) in [6.07, 6.45) is 1.35. The SMILES string of the molecule is CCOC(=O)N1CCC(N2CC(C(N)=O)CC2=O)CC1. The minimum atomic E-state index is -0.412. The Morgan fingerprint density at radius 1 is 1.35 bits per heavy atom. The fraction of sp³-hybridized carbons (Fsp3) is 0.769. The van der Waals surface area contributed by atoms with E-state index in [1.165, 1.54) is 0 Å². The van der Waals surface area contributed by atoms with Crippen molar-refractivity contribution in [2.75, 3.05) is 26.2 Å². The number of nitrogens with two attached hydrogens (primary N) is 1.